The molecule has 1 saturated carbocycles. The van der Waals surface area contributed by atoms with Gasteiger partial charge < -0.3 is 14.2 Å². The Morgan fingerprint density at radius 2 is 1.88 bits per heavy atom. The number of esters is 1. The minimum absolute atomic E-state index is 0.109. The minimum Gasteiger partial charge on any atom is -0.460 e. The van der Waals surface area contributed by atoms with Gasteiger partial charge in [-0.05, 0) is 56.8 Å². The highest BCUT2D eigenvalue weighted by molar-refractivity contribution is 5.70. The summed E-state index contributed by atoms with van der Waals surface area (Å²) in [6.45, 7) is 6.47. The molecule has 5 heterocycles. The van der Waals surface area contributed by atoms with Crippen molar-refractivity contribution in [2.24, 2.45) is 23.7 Å². The monoisotopic (exact) mass is 366 g/mol. The highest BCUT2D eigenvalue weighted by atomic mass is 17.3. The molecule has 6 fully saturated rings. The van der Waals surface area contributed by atoms with Crippen molar-refractivity contribution in [1.29, 1.82) is 0 Å². The van der Waals surface area contributed by atoms with Crippen molar-refractivity contribution >= 4 is 5.97 Å². The lowest BCUT2D eigenvalue weighted by molar-refractivity contribution is -0.572. The normalized spacial score (nSPS) is 56.4. The van der Waals surface area contributed by atoms with Crippen molar-refractivity contribution in [2.45, 2.75) is 95.6 Å². The first-order valence-electron chi connectivity index (χ1n) is 10.3. The van der Waals surface area contributed by atoms with Crippen LogP contribution in [0.5, 0.6) is 0 Å². The fourth-order valence-corrected chi connectivity index (χ4v) is 6.32. The zero-order chi connectivity index (χ0) is 18.1. The van der Waals surface area contributed by atoms with E-state index < -0.39 is 17.7 Å². The van der Waals surface area contributed by atoms with E-state index in [9.17, 15) is 4.79 Å². The second-order valence-electron chi connectivity index (χ2n) is 9.29. The first-order valence-corrected chi connectivity index (χ1v) is 10.3. The Balaban J connectivity index is 1.51. The van der Waals surface area contributed by atoms with Crippen LogP contribution >= 0.6 is 0 Å². The molecule has 0 radical (unpaired) electrons. The van der Waals surface area contributed by atoms with Crippen molar-refractivity contribution < 1.29 is 28.8 Å². The molecule has 6 aliphatic rings. The van der Waals surface area contributed by atoms with Gasteiger partial charge in [0.25, 0.3) is 0 Å². The lowest BCUT2D eigenvalue weighted by Crippen LogP contribution is -2.71. The summed E-state index contributed by atoms with van der Waals surface area (Å²) in [5, 5.41) is 0. The van der Waals surface area contributed by atoms with E-state index in [1.54, 1.807) is 0 Å². The molecule has 146 valence electrons. The lowest BCUT2D eigenvalue weighted by atomic mass is 9.57. The molecule has 0 amide bonds. The Kier molecular flexibility index (Phi) is 3.95. The van der Waals surface area contributed by atoms with Crippen LogP contribution in [0.15, 0.2) is 0 Å². The van der Waals surface area contributed by atoms with Crippen LogP contribution in [0.2, 0.25) is 0 Å². The van der Waals surface area contributed by atoms with Gasteiger partial charge in [-0.15, -0.1) is 0 Å². The number of hydrogen-bond acceptors (Lipinski definition) is 6. The number of carbonyl (C=O) groups excluding carboxylic acids is 1. The van der Waals surface area contributed by atoms with Gasteiger partial charge in [-0.1, -0.05) is 13.8 Å². The van der Waals surface area contributed by atoms with Crippen LogP contribution in [0.3, 0.4) is 0 Å². The molecule has 26 heavy (non-hydrogen) atoms. The van der Waals surface area contributed by atoms with E-state index in [0.29, 0.717) is 18.3 Å². The molecule has 5 aliphatic heterocycles. The molecule has 6 nitrogen and oxygen atoms in total. The Morgan fingerprint density at radius 3 is 2.69 bits per heavy atom. The van der Waals surface area contributed by atoms with E-state index in [2.05, 4.69) is 13.8 Å². The molecule has 0 aromatic carbocycles. The molecule has 1 spiro atoms. The molecule has 6 heteroatoms. The van der Waals surface area contributed by atoms with Crippen LogP contribution in [0.25, 0.3) is 0 Å². The van der Waals surface area contributed by atoms with E-state index in [1.807, 2.05) is 6.92 Å². The molecular formula is C20H30O6. The molecule has 5 saturated heterocycles. The third-order valence-corrected chi connectivity index (χ3v) is 7.73. The molecule has 6 rings (SSSR count). The van der Waals surface area contributed by atoms with E-state index in [0.717, 1.165) is 32.1 Å². The fourth-order valence-electron chi connectivity index (χ4n) is 6.32. The van der Waals surface area contributed by atoms with E-state index in [-0.39, 0.29) is 30.0 Å². The van der Waals surface area contributed by atoms with Crippen LogP contribution in [0.1, 0.15) is 65.7 Å². The standard InChI is InChI=1S/C20H30O6/c1-11-7-8-14-12(2)17(15-5-4-6-16(21)22-15)23-18-20(14)13(11)9-10-19(3,24-18)25-26-20/h11-15,17-18H,4-10H2,1-3H3/t11-,12-,13+,14+,15?,17+,18-,19+,20-/m1/s1. The van der Waals surface area contributed by atoms with Gasteiger partial charge in [0, 0.05) is 18.8 Å². The van der Waals surface area contributed by atoms with Gasteiger partial charge in [-0.3, -0.25) is 4.79 Å². The van der Waals surface area contributed by atoms with Gasteiger partial charge in [0.2, 0.25) is 5.79 Å². The molecule has 0 aromatic heterocycles. The van der Waals surface area contributed by atoms with E-state index in [4.69, 9.17) is 24.0 Å². The molecule has 0 N–H and O–H groups in total. The number of carbonyl (C=O) groups is 1. The number of cyclic esters (lactones) is 1. The molecular weight excluding hydrogens is 336 g/mol. The number of rotatable bonds is 1. The first kappa shape index (κ1) is 17.4. The second-order valence-corrected chi connectivity index (χ2v) is 9.29. The molecule has 9 atom stereocenters. The van der Waals surface area contributed by atoms with Crippen molar-refractivity contribution in [3.05, 3.63) is 0 Å². The van der Waals surface area contributed by atoms with E-state index >= 15 is 0 Å². The van der Waals surface area contributed by atoms with Gasteiger partial charge in [-0.25, -0.2) is 9.78 Å². The third-order valence-electron chi connectivity index (χ3n) is 7.73. The van der Waals surface area contributed by atoms with Crippen molar-refractivity contribution in [2.75, 3.05) is 0 Å². The van der Waals surface area contributed by atoms with Crippen molar-refractivity contribution in [3.63, 3.8) is 0 Å². The maximum Gasteiger partial charge on any atom is 0.306 e. The average Bonchev–Trinajstić information content (AvgIpc) is 2.84. The average molecular weight is 366 g/mol. The summed E-state index contributed by atoms with van der Waals surface area (Å²) in [7, 11) is 0. The summed E-state index contributed by atoms with van der Waals surface area (Å²) >= 11 is 0. The summed E-state index contributed by atoms with van der Waals surface area (Å²) in [6.07, 6.45) is 5.57. The quantitative estimate of drug-likeness (QED) is 0.524. The number of hydrogen-bond donors (Lipinski definition) is 0. The van der Waals surface area contributed by atoms with Crippen LogP contribution in [0, 0.1) is 23.7 Å². The smallest absolute Gasteiger partial charge is 0.306 e. The zero-order valence-electron chi connectivity index (χ0n) is 15.9. The Labute approximate surface area is 154 Å². The van der Waals surface area contributed by atoms with Gasteiger partial charge in [0.05, 0.1) is 0 Å². The Morgan fingerprint density at radius 1 is 1.04 bits per heavy atom. The summed E-state index contributed by atoms with van der Waals surface area (Å²) in [4.78, 5) is 23.8. The molecule has 1 aliphatic carbocycles. The fraction of sp³-hybridized carbons (Fsp3) is 0.950. The SMILES string of the molecule is C[C@H]1[C@@H](C2CCCC(=O)O2)O[C@@H]2O[C@]3(C)CC[C@H]4[C@H](C)CC[C@@H]1[C@@]24OO3. The van der Waals surface area contributed by atoms with Crippen molar-refractivity contribution in [3.8, 4) is 0 Å². The van der Waals surface area contributed by atoms with Crippen molar-refractivity contribution in [1.82, 2.24) is 0 Å². The highest BCUT2D eigenvalue weighted by Gasteiger charge is 2.69. The van der Waals surface area contributed by atoms with E-state index in [1.165, 1.54) is 6.42 Å². The third kappa shape index (κ3) is 2.35. The molecule has 0 aromatic rings. The number of fused-ring (bicyclic) bond motifs is 2. The lowest BCUT2D eigenvalue weighted by Gasteiger charge is -2.61. The van der Waals surface area contributed by atoms with Crippen LogP contribution < -0.4 is 0 Å². The highest BCUT2D eigenvalue weighted by Crippen LogP contribution is 2.61. The maximum absolute atomic E-state index is 11.8. The Bertz CT molecular complexity index is 595. The Hall–Kier alpha value is -0.690. The zero-order valence-corrected chi connectivity index (χ0v) is 15.9. The first-order chi connectivity index (χ1) is 12.4. The summed E-state index contributed by atoms with van der Waals surface area (Å²) in [6, 6.07) is 0. The predicted octanol–water partition coefficient (Wildman–Crippen LogP) is 3.33. The van der Waals surface area contributed by atoms with Gasteiger partial charge in [0.1, 0.15) is 12.2 Å². The summed E-state index contributed by atoms with van der Waals surface area (Å²) in [5.41, 5.74) is -0.539. The maximum atomic E-state index is 11.8. The van der Waals surface area contributed by atoms with Crippen LogP contribution in [0.4, 0.5) is 0 Å². The topological polar surface area (TPSA) is 63.2 Å². The minimum atomic E-state index is -0.758. The van der Waals surface area contributed by atoms with Crippen LogP contribution in [-0.4, -0.2) is 35.9 Å². The summed E-state index contributed by atoms with van der Waals surface area (Å²) < 4.78 is 18.6. The van der Waals surface area contributed by atoms with Crippen LogP contribution in [-0.2, 0) is 28.8 Å². The van der Waals surface area contributed by atoms with Gasteiger partial charge in [-0.2, -0.15) is 0 Å². The second kappa shape index (κ2) is 5.90. The van der Waals surface area contributed by atoms with Gasteiger partial charge >= 0.3 is 5.97 Å². The largest absolute Gasteiger partial charge is 0.460 e. The molecule has 2 bridgehead atoms. The number of ether oxygens (including phenoxy) is 3. The summed E-state index contributed by atoms with van der Waals surface area (Å²) in [5.74, 6) is 0.574. The molecule has 1 unspecified atom stereocenters. The predicted molar refractivity (Wildman–Crippen MR) is 90.6 cm³/mol. The van der Waals surface area contributed by atoms with Gasteiger partial charge in [0.15, 0.2) is 11.9 Å².